The van der Waals surface area contributed by atoms with Crippen molar-refractivity contribution in [2.24, 2.45) is 35.0 Å². The van der Waals surface area contributed by atoms with E-state index in [1.807, 2.05) is 0 Å². The molecule has 4 rings (SSSR count). The number of allylic oxidation sites excluding steroid dienone is 2. The van der Waals surface area contributed by atoms with Crippen LogP contribution in [0.5, 0.6) is 0 Å². The number of hydrogen-bond donors (Lipinski definition) is 0. The molecule has 0 heterocycles. The molecule has 0 aromatic carbocycles. The van der Waals surface area contributed by atoms with Crippen molar-refractivity contribution in [2.45, 2.75) is 33.6 Å². The Balaban J connectivity index is 2.02. The van der Waals surface area contributed by atoms with E-state index in [0.717, 1.165) is 18.3 Å². The molecule has 3 fully saturated rings. The zero-order chi connectivity index (χ0) is 12.4. The van der Waals surface area contributed by atoms with Gasteiger partial charge in [-0.25, -0.2) is 0 Å². The van der Waals surface area contributed by atoms with Gasteiger partial charge in [0.15, 0.2) is 0 Å². The third-order valence-corrected chi connectivity index (χ3v) is 5.57. The van der Waals surface area contributed by atoms with Crippen LogP contribution in [-0.2, 0) is 9.59 Å². The molecule has 0 saturated heterocycles. The van der Waals surface area contributed by atoms with E-state index in [2.05, 4.69) is 26.8 Å². The fraction of sp³-hybridized carbons (Fsp3) is 0.733. The summed E-state index contributed by atoms with van der Waals surface area (Å²) in [7, 11) is 0. The van der Waals surface area contributed by atoms with Crippen molar-refractivity contribution in [1.29, 1.82) is 0 Å². The quantitative estimate of drug-likeness (QED) is 0.686. The molecule has 2 nitrogen and oxygen atoms in total. The number of fused-ring (bicyclic) bond motifs is 2. The van der Waals surface area contributed by atoms with E-state index in [4.69, 9.17) is 0 Å². The summed E-state index contributed by atoms with van der Waals surface area (Å²) in [4.78, 5) is 23.4. The lowest BCUT2D eigenvalue weighted by Crippen LogP contribution is -2.67. The maximum atomic E-state index is 12.2. The summed E-state index contributed by atoms with van der Waals surface area (Å²) in [6, 6.07) is 0. The third-order valence-electron chi connectivity index (χ3n) is 5.57. The lowest BCUT2D eigenvalue weighted by Gasteiger charge is -2.68. The minimum atomic E-state index is 0.0954. The van der Waals surface area contributed by atoms with Crippen LogP contribution in [0.4, 0.5) is 0 Å². The van der Waals surface area contributed by atoms with Gasteiger partial charge in [-0.2, -0.15) is 0 Å². The molecule has 0 radical (unpaired) electrons. The maximum absolute atomic E-state index is 12.2. The molecule has 0 aliphatic heterocycles. The maximum Gasteiger partial charge on any atom is 0.146 e. The van der Waals surface area contributed by atoms with Gasteiger partial charge in [0.1, 0.15) is 12.1 Å². The van der Waals surface area contributed by atoms with Crippen molar-refractivity contribution in [3.63, 3.8) is 0 Å². The van der Waals surface area contributed by atoms with Gasteiger partial charge in [0.2, 0.25) is 0 Å². The van der Waals surface area contributed by atoms with Gasteiger partial charge < -0.3 is 0 Å². The Bertz CT molecular complexity index is 421. The number of carbonyl (C=O) groups is 2. The molecule has 5 atom stereocenters. The van der Waals surface area contributed by atoms with Gasteiger partial charge in [0.05, 0.1) is 0 Å². The van der Waals surface area contributed by atoms with Crippen LogP contribution in [0.3, 0.4) is 0 Å². The van der Waals surface area contributed by atoms with Crippen LogP contribution >= 0.6 is 0 Å². The van der Waals surface area contributed by atoms with Gasteiger partial charge in [-0.3, -0.25) is 9.59 Å². The molecule has 0 N–H and O–H groups in total. The van der Waals surface area contributed by atoms with E-state index in [9.17, 15) is 9.59 Å². The van der Waals surface area contributed by atoms with Crippen LogP contribution in [0.15, 0.2) is 11.6 Å². The lowest BCUT2D eigenvalue weighted by molar-refractivity contribution is -0.188. The van der Waals surface area contributed by atoms with Crippen molar-refractivity contribution >= 4 is 12.1 Å². The average molecular weight is 232 g/mol. The monoisotopic (exact) mass is 232 g/mol. The SMILES string of the molecule is CC(C)[C@H]1C(=O)C[C@@]2(C)[C@@H]3CC=C(C=O)[C@H]2[C@H]13. The Hall–Kier alpha value is -0.920. The highest BCUT2D eigenvalue weighted by Gasteiger charge is 2.68. The molecule has 0 unspecified atom stereocenters. The Kier molecular flexibility index (Phi) is 2.17. The molecule has 0 aromatic rings. The summed E-state index contributed by atoms with van der Waals surface area (Å²) in [5, 5.41) is 0. The first-order valence-corrected chi connectivity index (χ1v) is 6.68. The molecule has 0 aromatic heterocycles. The molecule has 0 spiro atoms. The van der Waals surface area contributed by atoms with E-state index < -0.39 is 0 Å². The Morgan fingerprint density at radius 1 is 1.47 bits per heavy atom. The zero-order valence-corrected chi connectivity index (χ0v) is 10.8. The van der Waals surface area contributed by atoms with E-state index in [1.165, 1.54) is 0 Å². The number of hydrogen-bond acceptors (Lipinski definition) is 2. The number of ketones is 1. The van der Waals surface area contributed by atoms with Crippen molar-refractivity contribution < 1.29 is 9.59 Å². The van der Waals surface area contributed by atoms with Crippen LogP contribution < -0.4 is 0 Å². The molecule has 4 aliphatic carbocycles. The molecule has 4 bridgehead atoms. The zero-order valence-electron chi connectivity index (χ0n) is 10.8. The largest absolute Gasteiger partial charge is 0.299 e. The molecule has 2 heteroatoms. The van der Waals surface area contributed by atoms with Gasteiger partial charge in [0.25, 0.3) is 0 Å². The first-order chi connectivity index (χ1) is 8.00. The summed E-state index contributed by atoms with van der Waals surface area (Å²) in [5.41, 5.74) is 1.07. The van der Waals surface area contributed by atoms with Crippen molar-refractivity contribution in [3.05, 3.63) is 11.6 Å². The molecular weight excluding hydrogens is 212 g/mol. The molecule has 92 valence electrons. The summed E-state index contributed by atoms with van der Waals surface area (Å²) >= 11 is 0. The second-order valence-electron chi connectivity index (χ2n) is 6.64. The number of aldehydes is 1. The van der Waals surface area contributed by atoms with E-state index in [0.29, 0.717) is 35.9 Å². The van der Waals surface area contributed by atoms with Crippen LogP contribution in [-0.4, -0.2) is 12.1 Å². The summed E-state index contributed by atoms with van der Waals surface area (Å²) in [6.45, 7) is 6.50. The molecule has 0 amide bonds. The van der Waals surface area contributed by atoms with Gasteiger partial charge in [0, 0.05) is 12.3 Å². The van der Waals surface area contributed by atoms with Crippen LogP contribution in [0.25, 0.3) is 0 Å². The highest BCUT2D eigenvalue weighted by atomic mass is 16.1. The fourth-order valence-corrected chi connectivity index (χ4v) is 4.99. The smallest absolute Gasteiger partial charge is 0.146 e. The lowest BCUT2D eigenvalue weighted by atomic mass is 9.34. The molecule has 4 aliphatic rings. The van der Waals surface area contributed by atoms with Crippen LogP contribution in [0.1, 0.15) is 33.6 Å². The molecular formula is C15H20O2. The van der Waals surface area contributed by atoms with Gasteiger partial charge in [-0.05, 0) is 41.1 Å². The minimum absolute atomic E-state index is 0.0954. The Morgan fingerprint density at radius 3 is 2.76 bits per heavy atom. The highest BCUT2D eigenvalue weighted by molar-refractivity contribution is 5.87. The first kappa shape index (κ1) is 11.2. The van der Waals surface area contributed by atoms with Gasteiger partial charge in [-0.1, -0.05) is 26.8 Å². The molecule has 17 heavy (non-hydrogen) atoms. The normalized spacial score (nSPS) is 47.5. The third kappa shape index (κ3) is 1.16. The second-order valence-corrected chi connectivity index (χ2v) is 6.64. The first-order valence-electron chi connectivity index (χ1n) is 6.68. The van der Waals surface area contributed by atoms with Crippen LogP contribution in [0.2, 0.25) is 0 Å². The highest BCUT2D eigenvalue weighted by Crippen LogP contribution is 2.70. The summed E-state index contributed by atoms with van der Waals surface area (Å²) < 4.78 is 0. The predicted molar refractivity (Wildman–Crippen MR) is 65.3 cm³/mol. The van der Waals surface area contributed by atoms with Gasteiger partial charge >= 0.3 is 0 Å². The van der Waals surface area contributed by atoms with Crippen molar-refractivity contribution in [1.82, 2.24) is 0 Å². The summed E-state index contributed by atoms with van der Waals surface area (Å²) in [5.74, 6) is 2.49. The Labute approximate surface area is 102 Å². The average Bonchev–Trinajstić information content (AvgIpc) is 2.27. The topological polar surface area (TPSA) is 34.1 Å². The van der Waals surface area contributed by atoms with E-state index >= 15 is 0 Å². The summed E-state index contributed by atoms with van der Waals surface area (Å²) in [6.07, 6.45) is 4.82. The predicted octanol–water partition coefficient (Wildman–Crippen LogP) is 2.63. The minimum Gasteiger partial charge on any atom is -0.299 e. The van der Waals surface area contributed by atoms with Gasteiger partial charge in [-0.15, -0.1) is 0 Å². The van der Waals surface area contributed by atoms with E-state index in [1.54, 1.807) is 0 Å². The number of Topliss-reactive ketones (excluding diaryl/α,β-unsaturated/α-hetero) is 1. The Morgan fingerprint density at radius 2 is 2.18 bits per heavy atom. The fourth-order valence-electron chi connectivity index (χ4n) is 4.99. The molecule has 3 saturated carbocycles. The van der Waals surface area contributed by atoms with E-state index in [-0.39, 0.29) is 11.3 Å². The van der Waals surface area contributed by atoms with Crippen molar-refractivity contribution in [2.75, 3.05) is 0 Å². The van der Waals surface area contributed by atoms with Crippen LogP contribution in [0, 0.1) is 35.0 Å². The second kappa shape index (κ2) is 3.30. The van der Waals surface area contributed by atoms with Crippen molar-refractivity contribution in [3.8, 4) is 0 Å². The standard InChI is InChI=1S/C15H20O2/c1-8(2)12-11(17)6-15(3)10-5-4-9(7-16)14(15)13(10)12/h4,7-8,10,12-14H,5-6H2,1-3H3/t10-,12+,13+,14+,15+/m1/s1. The number of carbonyl (C=O) groups excluding carboxylic acids is 2. The number of rotatable bonds is 2.